The number of hydrogen-bond acceptors (Lipinski definition) is 2. The lowest BCUT2D eigenvalue weighted by molar-refractivity contribution is 0.301. The first-order chi connectivity index (χ1) is 9.40. The fourth-order valence-electron chi connectivity index (χ4n) is 3.21. The summed E-state index contributed by atoms with van der Waals surface area (Å²) >= 11 is 5.36. The zero-order valence-electron chi connectivity index (χ0n) is 13.3. The normalized spacial score (nSPS) is 23.8. The molecule has 0 bridgehead atoms. The highest BCUT2D eigenvalue weighted by Gasteiger charge is 2.24. The number of aromatic nitrogens is 2. The van der Waals surface area contributed by atoms with Crippen LogP contribution in [0.1, 0.15) is 83.7 Å². The van der Waals surface area contributed by atoms with Crippen molar-refractivity contribution in [2.24, 2.45) is 5.92 Å². The standard InChI is InChI=1S/C17H28N2S/c1-5-6-12-7-9-13(10-8-12)16-18-14(17(2,3)4)11-15(20)19-16/h11-13H,5-10H2,1-4H3,(H,18,19,20). The highest BCUT2D eigenvalue weighted by molar-refractivity contribution is 7.71. The van der Waals surface area contributed by atoms with Crippen molar-refractivity contribution in [3.8, 4) is 0 Å². The van der Waals surface area contributed by atoms with Gasteiger partial charge in [0.2, 0.25) is 0 Å². The van der Waals surface area contributed by atoms with Crippen LogP contribution in [0.15, 0.2) is 6.07 Å². The van der Waals surface area contributed by atoms with Crippen molar-refractivity contribution in [2.75, 3.05) is 0 Å². The van der Waals surface area contributed by atoms with Gasteiger partial charge in [-0.05, 0) is 37.7 Å². The molecule has 1 N–H and O–H groups in total. The summed E-state index contributed by atoms with van der Waals surface area (Å²) in [5, 5.41) is 0. The third-order valence-corrected chi connectivity index (χ3v) is 4.71. The first-order valence-electron chi connectivity index (χ1n) is 8.02. The van der Waals surface area contributed by atoms with E-state index in [2.05, 4.69) is 37.7 Å². The molecule has 0 aromatic carbocycles. The monoisotopic (exact) mass is 292 g/mol. The molecule has 0 amide bonds. The average molecular weight is 292 g/mol. The van der Waals surface area contributed by atoms with Crippen LogP contribution in [-0.4, -0.2) is 9.97 Å². The molecule has 0 atom stereocenters. The molecule has 2 nitrogen and oxygen atoms in total. The number of nitrogens with zero attached hydrogens (tertiary/aromatic N) is 1. The molecule has 1 aliphatic rings. The molecule has 112 valence electrons. The molecule has 2 rings (SSSR count). The molecule has 0 spiro atoms. The van der Waals surface area contributed by atoms with Crippen molar-refractivity contribution in [3.63, 3.8) is 0 Å². The lowest BCUT2D eigenvalue weighted by Gasteiger charge is -2.29. The smallest absolute Gasteiger partial charge is 0.130 e. The Morgan fingerprint density at radius 1 is 1.25 bits per heavy atom. The van der Waals surface area contributed by atoms with E-state index >= 15 is 0 Å². The Morgan fingerprint density at radius 3 is 2.45 bits per heavy atom. The SMILES string of the molecule is CCCC1CCC(c2nc(=S)cc(C(C)(C)C)[nH]2)CC1. The molecule has 20 heavy (non-hydrogen) atoms. The second kappa shape index (κ2) is 6.38. The number of hydrogen-bond donors (Lipinski definition) is 1. The average Bonchev–Trinajstić information content (AvgIpc) is 2.38. The summed E-state index contributed by atoms with van der Waals surface area (Å²) in [6.07, 6.45) is 7.92. The maximum atomic E-state index is 5.36. The molecule has 0 saturated heterocycles. The Hall–Kier alpha value is -0.700. The van der Waals surface area contributed by atoms with Gasteiger partial charge in [0.05, 0.1) is 0 Å². The van der Waals surface area contributed by atoms with Gasteiger partial charge in [0.25, 0.3) is 0 Å². The molecule has 0 radical (unpaired) electrons. The number of H-pyrrole nitrogens is 1. The van der Waals surface area contributed by atoms with Crippen molar-refractivity contribution in [2.45, 2.75) is 77.6 Å². The molecule has 0 aliphatic heterocycles. The highest BCUT2D eigenvalue weighted by Crippen LogP contribution is 2.36. The summed E-state index contributed by atoms with van der Waals surface area (Å²) in [6, 6.07) is 2.02. The van der Waals surface area contributed by atoms with E-state index < -0.39 is 0 Å². The minimum absolute atomic E-state index is 0.102. The van der Waals surface area contributed by atoms with Gasteiger partial charge in [-0.3, -0.25) is 0 Å². The quantitative estimate of drug-likeness (QED) is 0.744. The van der Waals surface area contributed by atoms with Crippen LogP contribution in [0.2, 0.25) is 0 Å². The second-order valence-electron chi connectivity index (χ2n) is 7.27. The van der Waals surface area contributed by atoms with E-state index in [0.29, 0.717) is 5.92 Å². The Balaban J connectivity index is 2.14. The van der Waals surface area contributed by atoms with Crippen LogP contribution in [0.3, 0.4) is 0 Å². The predicted octanol–water partition coefficient (Wildman–Crippen LogP) is 5.51. The largest absolute Gasteiger partial charge is 0.346 e. The van der Waals surface area contributed by atoms with Gasteiger partial charge < -0.3 is 4.98 Å². The van der Waals surface area contributed by atoms with Crippen LogP contribution in [0.4, 0.5) is 0 Å². The van der Waals surface area contributed by atoms with Gasteiger partial charge in [-0.25, -0.2) is 4.98 Å². The fourth-order valence-corrected chi connectivity index (χ4v) is 3.42. The number of rotatable bonds is 3. The molecule has 1 aromatic heterocycles. The Labute approximate surface area is 128 Å². The summed E-state index contributed by atoms with van der Waals surface area (Å²) in [5.41, 5.74) is 1.31. The lowest BCUT2D eigenvalue weighted by Crippen LogP contribution is -2.19. The number of nitrogens with one attached hydrogen (secondary N) is 1. The van der Waals surface area contributed by atoms with Gasteiger partial charge in [-0.15, -0.1) is 0 Å². The maximum absolute atomic E-state index is 5.36. The summed E-state index contributed by atoms with van der Waals surface area (Å²) in [6.45, 7) is 8.94. The van der Waals surface area contributed by atoms with E-state index in [4.69, 9.17) is 12.2 Å². The summed E-state index contributed by atoms with van der Waals surface area (Å²) < 4.78 is 0.736. The van der Waals surface area contributed by atoms with E-state index in [9.17, 15) is 0 Å². The van der Waals surface area contributed by atoms with Gasteiger partial charge in [-0.1, -0.05) is 52.8 Å². The molecule has 1 aromatic rings. The van der Waals surface area contributed by atoms with E-state index in [1.807, 2.05) is 6.07 Å². The molecular weight excluding hydrogens is 264 g/mol. The Bertz CT molecular complexity index is 490. The van der Waals surface area contributed by atoms with Crippen LogP contribution in [-0.2, 0) is 5.41 Å². The Morgan fingerprint density at radius 2 is 1.90 bits per heavy atom. The second-order valence-corrected chi connectivity index (χ2v) is 7.69. The molecule has 3 heteroatoms. The topological polar surface area (TPSA) is 28.7 Å². The third kappa shape index (κ3) is 3.91. The van der Waals surface area contributed by atoms with E-state index in [1.54, 1.807) is 0 Å². The van der Waals surface area contributed by atoms with Gasteiger partial charge in [0.15, 0.2) is 0 Å². The van der Waals surface area contributed by atoms with Gasteiger partial charge in [0.1, 0.15) is 10.5 Å². The summed E-state index contributed by atoms with van der Waals surface area (Å²) in [4.78, 5) is 8.17. The van der Waals surface area contributed by atoms with Crippen molar-refractivity contribution < 1.29 is 0 Å². The van der Waals surface area contributed by atoms with Gasteiger partial charge in [-0.2, -0.15) is 0 Å². The van der Waals surface area contributed by atoms with Crippen molar-refractivity contribution >= 4 is 12.2 Å². The molecule has 1 aliphatic carbocycles. The summed E-state index contributed by atoms with van der Waals surface area (Å²) in [7, 11) is 0. The molecule has 0 unspecified atom stereocenters. The predicted molar refractivity (Wildman–Crippen MR) is 87.7 cm³/mol. The molecule has 1 saturated carbocycles. The highest BCUT2D eigenvalue weighted by atomic mass is 32.1. The van der Waals surface area contributed by atoms with Crippen LogP contribution in [0.25, 0.3) is 0 Å². The van der Waals surface area contributed by atoms with Crippen LogP contribution < -0.4 is 0 Å². The Kier molecular flexibility index (Phi) is 5.00. The zero-order valence-corrected chi connectivity index (χ0v) is 14.1. The molecule has 1 heterocycles. The minimum Gasteiger partial charge on any atom is -0.346 e. The van der Waals surface area contributed by atoms with Gasteiger partial charge >= 0.3 is 0 Å². The van der Waals surface area contributed by atoms with E-state index in [-0.39, 0.29) is 5.41 Å². The molecule has 1 fully saturated rings. The van der Waals surface area contributed by atoms with Crippen molar-refractivity contribution in [1.82, 2.24) is 9.97 Å². The van der Waals surface area contributed by atoms with Crippen molar-refractivity contribution in [1.29, 1.82) is 0 Å². The van der Waals surface area contributed by atoms with Gasteiger partial charge in [0, 0.05) is 17.0 Å². The third-order valence-electron chi connectivity index (χ3n) is 4.50. The lowest BCUT2D eigenvalue weighted by atomic mass is 9.79. The first-order valence-corrected chi connectivity index (χ1v) is 8.42. The van der Waals surface area contributed by atoms with Crippen molar-refractivity contribution in [3.05, 3.63) is 22.2 Å². The fraction of sp³-hybridized carbons (Fsp3) is 0.765. The summed E-state index contributed by atoms with van der Waals surface area (Å²) in [5.74, 6) is 2.63. The van der Waals surface area contributed by atoms with E-state index in [0.717, 1.165) is 16.4 Å². The molecular formula is C17H28N2S. The first kappa shape index (κ1) is 15.7. The number of aromatic amines is 1. The maximum Gasteiger partial charge on any atom is 0.130 e. The van der Waals surface area contributed by atoms with Crippen LogP contribution in [0.5, 0.6) is 0 Å². The minimum atomic E-state index is 0.102. The zero-order chi connectivity index (χ0) is 14.8. The van der Waals surface area contributed by atoms with Crippen LogP contribution >= 0.6 is 12.2 Å². The van der Waals surface area contributed by atoms with Crippen LogP contribution in [0, 0.1) is 10.6 Å². The van der Waals surface area contributed by atoms with E-state index in [1.165, 1.54) is 44.2 Å².